The molecule has 98 valence electrons. The van der Waals surface area contributed by atoms with Gasteiger partial charge in [-0.15, -0.1) is 0 Å². The average Bonchev–Trinajstić information content (AvgIpc) is 2.53. The van der Waals surface area contributed by atoms with E-state index in [0.29, 0.717) is 0 Å². The molecule has 2 aliphatic rings. The van der Waals surface area contributed by atoms with Crippen molar-refractivity contribution in [2.45, 2.75) is 17.7 Å². The number of hydrogen-bond donors (Lipinski definition) is 1. The number of anilines is 1. The first kappa shape index (κ1) is 11.9. The Hall–Kier alpha value is -1.93. The Morgan fingerprint density at radius 1 is 0.950 bits per heavy atom. The van der Waals surface area contributed by atoms with E-state index in [1.807, 2.05) is 11.8 Å². The van der Waals surface area contributed by atoms with Crippen LogP contribution < -0.4 is 5.32 Å². The van der Waals surface area contributed by atoms with Crippen molar-refractivity contribution in [1.29, 1.82) is 0 Å². The second kappa shape index (κ2) is 4.88. The van der Waals surface area contributed by atoms with E-state index in [0.717, 1.165) is 12.8 Å². The standard InChI is InChI=1S/C18H15NS/c1-2-6-13(7-3-1)14-10-11-16-18(12-14)20-17-9-5-4-8-15(17)19-16/h1-4,6-8,10-12,19H,5,9H2. The molecular formula is C18H15NS. The van der Waals surface area contributed by atoms with Crippen molar-refractivity contribution < 1.29 is 0 Å². The number of thioether (sulfide) groups is 1. The second-order valence-corrected chi connectivity index (χ2v) is 6.22. The fraction of sp³-hybridized carbons (Fsp3) is 0.111. The fourth-order valence-electron chi connectivity index (χ4n) is 2.66. The zero-order valence-electron chi connectivity index (χ0n) is 11.1. The predicted octanol–water partition coefficient (Wildman–Crippen LogP) is 5.43. The molecule has 1 nitrogen and oxygen atoms in total. The van der Waals surface area contributed by atoms with Gasteiger partial charge in [0.05, 0.1) is 5.69 Å². The van der Waals surface area contributed by atoms with E-state index in [1.165, 1.54) is 32.3 Å². The lowest BCUT2D eigenvalue weighted by molar-refractivity contribution is 0.995. The van der Waals surface area contributed by atoms with E-state index in [-0.39, 0.29) is 0 Å². The van der Waals surface area contributed by atoms with Crippen LogP contribution >= 0.6 is 11.8 Å². The molecule has 0 saturated heterocycles. The first-order valence-corrected chi connectivity index (χ1v) is 7.76. The lowest BCUT2D eigenvalue weighted by atomic mass is 10.1. The normalized spacial score (nSPS) is 16.4. The van der Waals surface area contributed by atoms with Gasteiger partial charge >= 0.3 is 0 Å². The Labute approximate surface area is 123 Å². The minimum Gasteiger partial charge on any atom is -0.354 e. The van der Waals surface area contributed by atoms with Gasteiger partial charge in [-0.2, -0.15) is 0 Å². The van der Waals surface area contributed by atoms with Gasteiger partial charge in [0.2, 0.25) is 0 Å². The van der Waals surface area contributed by atoms with Gasteiger partial charge in [-0.3, -0.25) is 0 Å². The molecule has 0 radical (unpaired) electrons. The van der Waals surface area contributed by atoms with E-state index in [1.54, 1.807) is 0 Å². The maximum Gasteiger partial charge on any atom is 0.0526 e. The third-order valence-corrected chi connectivity index (χ3v) is 4.94. The maximum absolute atomic E-state index is 3.55. The van der Waals surface area contributed by atoms with Crippen LogP contribution in [0.5, 0.6) is 0 Å². The molecular weight excluding hydrogens is 262 g/mol. The van der Waals surface area contributed by atoms with Crippen LogP contribution in [0.2, 0.25) is 0 Å². The molecule has 2 aromatic carbocycles. The van der Waals surface area contributed by atoms with Gasteiger partial charge in [-0.05, 0) is 42.2 Å². The molecule has 1 aliphatic carbocycles. The third kappa shape index (κ3) is 2.06. The molecule has 0 bridgehead atoms. The number of allylic oxidation sites excluding steroid dienone is 3. The van der Waals surface area contributed by atoms with Gasteiger partial charge in [0, 0.05) is 15.5 Å². The molecule has 0 saturated carbocycles. The summed E-state index contributed by atoms with van der Waals surface area (Å²) in [5, 5.41) is 3.55. The SMILES string of the molecule is C1=CC2=C(CC1)Sc1cc(-c3ccccc3)ccc1N2. The Morgan fingerprint density at radius 3 is 2.75 bits per heavy atom. The van der Waals surface area contributed by atoms with Gasteiger partial charge in [0.15, 0.2) is 0 Å². The third-order valence-electron chi connectivity index (χ3n) is 3.71. The molecule has 4 rings (SSSR count). The average molecular weight is 277 g/mol. The molecule has 1 N–H and O–H groups in total. The smallest absolute Gasteiger partial charge is 0.0526 e. The van der Waals surface area contributed by atoms with E-state index < -0.39 is 0 Å². The molecule has 20 heavy (non-hydrogen) atoms. The maximum atomic E-state index is 3.55. The van der Waals surface area contributed by atoms with Crippen molar-refractivity contribution in [3.63, 3.8) is 0 Å². The lowest BCUT2D eigenvalue weighted by Gasteiger charge is -2.25. The van der Waals surface area contributed by atoms with Gasteiger partial charge in [0.25, 0.3) is 0 Å². The Morgan fingerprint density at radius 2 is 1.85 bits per heavy atom. The Bertz CT molecular complexity index is 713. The zero-order valence-corrected chi connectivity index (χ0v) is 11.9. The second-order valence-electron chi connectivity index (χ2n) is 5.08. The highest BCUT2D eigenvalue weighted by molar-refractivity contribution is 8.03. The molecule has 0 spiro atoms. The van der Waals surface area contributed by atoms with Crippen LogP contribution in [0.3, 0.4) is 0 Å². The van der Waals surface area contributed by atoms with Gasteiger partial charge in [-0.1, -0.05) is 54.2 Å². The first-order valence-electron chi connectivity index (χ1n) is 6.94. The van der Waals surface area contributed by atoms with Crippen LogP contribution in [-0.2, 0) is 0 Å². The highest BCUT2D eigenvalue weighted by Gasteiger charge is 2.18. The highest BCUT2D eigenvalue weighted by Crippen LogP contribution is 2.44. The predicted molar refractivity (Wildman–Crippen MR) is 86.8 cm³/mol. The van der Waals surface area contributed by atoms with E-state index in [2.05, 4.69) is 66.0 Å². The highest BCUT2D eigenvalue weighted by atomic mass is 32.2. The van der Waals surface area contributed by atoms with Crippen LogP contribution in [-0.4, -0.2) is 0 Å². The van der Waals surface area contributed by atoms with E-state index in [4.69, 9.17) is 0 Å². The van der Waals surface area contributed by atoms with Crippen molar-refractivity contribution in [1.82, 2.24) is 0 Å². The van der Waals surface area contributed by atoms with Gasteiger partial charge in [0.1, 0.15) is 0 Å². The van der Waals surface area contributed by atoms with Crippen LogP contribution in [0, 0.1) is 0 Å². The largest absolute Gasteiger partial charge is 0.354 e. The zero-order chi connectivity index (χ0) is 13.4. The van der Waals surface area contributed by atoms with Crippen molar-refractivity contribution in [3.8, 4) is 11.1 Å². The van der Waals surface area contributed by atoms with Crippen LogP contribution in [0.1, 0.15) is 12.8 Å². The summed E-state index contributed by atoms with van der Waals surface area (Å²) in [6, 6.07) is 17.2. The van der Waals surface area contributed by atoms with Crippen molar-refractivity contribution in [3.05, 3.63) is 71.3 Å². The summed E-state index contributed by atoms with van der Waals surface area (Å²) < 4.78 is 0. The first-order chi connectivity index (χ1) is 9.90. The Kier molecular flexibility index (Phi) is 2.89. The van der Waals surface area contributed by atoms with Crippen molar-refractivity contribution >= 4 is 17.4 Å². The summed E-state index contributed by atoms with van der Waals surface area (Å²) in [7, 11) is 0. The summed E-state index contributed by atoms with van der Waals surface area (Å²) in [4.78, 5) is 2.80. The summed E-state index contributed by atoms with van der Waals surface area (Å²) in [6.45, 7) is 0. The summed E-state index contributed by atoms with van der Waals surface area (Å²) in [5.74, 6) is 0. The Balaban J connectivity index is 1.73. The van der Waals surface area contributed by atoms with Gasteiger partial charge < -0.3 is 5.32 Å². The van der Waals surface area contributed by atoms with Gasteiger partial charge in [-0.25, -0.2) is 0 Å². The molecule has 1 heterocycles. The fourth-order valence-corrected chi connectivity index (χ4v) is 3.79. The van der Waals surface area contributed by atoms with E-state index in [9.17, 15) is 0 Å². The number of rotatable bonds is 1. The lowest BCUT2D eigenvalue weighted by Crippen LogP contribution is -2.08. The molecule has 0 fully saturated rings. The van der Waals surface area contributed by atoms with E-state index >= 15 is 0 Å². The molecule has 1 aliphatic heterocycles. The summed E-state index contributed by atoms with van der Waals surface area (Å²) >= 11 is 1.92. The summed E-state index contributed by atoms with van der Waals surface area (Å²) in [6.07, 6.45) is 6.76. The van der Waals surface area contributed by atoms with Crippen LogP contribution in [0.25, 0.3) is 11.1 Å². The molecule has 2 heteroatoms. The topological polar surface area (TPSA) is 12.0 Å². The van der Waals surface area contributed by atoms with Crippen LogP contribution in [0.15, 0.2) is 76.2 Å². The number of nitrogens with one attached hydrogen (secondary N) is 1. The molecule has 0 atom stereocenters. The quantitative estimate of drug-likeness (QED) is 0.745. The minimum absolute atomic E-state index is 1.15. The van der Waals surface area contributed by atoms with Crippen molar-refractivity contribution in [2.75, 3.05) is 5.32 Å². The number of hydrogen-bond acceptors (Lipinski definition) is 2. The van der Waals surface area contributed by atoms with Crippen LogP contribution in [0.4, 0.5) is 5.69 Å². The minimum atomic E-state index is 1.15. The summed E-state index contributed by atoms with van der Waals surface area (Å²) in [5.41, 5.74) is 5.06. The molecule has 0 amide bonds. The number of benzene rings is 2. The monoisotopic (exact) mass is 277 g/mol. The van der Waals surface area contributed by atoms with Crippen molar-refractivity contribution in [2.24, 2.45) is 0 Å². The number of fused-ring (bicyclic) bond motifs is 1. The molecule has 2 aromatic rings. The molecule has 0 aromatic heterocycles. The molecule has 0 unspecified atom stereocenters.